The molecule has 1 heteroatoms. The SMILES string of the molecule is C=CCCCC(NCCC)C(C)c1ccccc1. The maximum absolute atomic E-state index is 3.80. The number of benzene rings is 1. The molecule has 0 radical (unpaired) electrons. The van der Waals surface area contributed by atoms with Crippen LogP contribution in [0.2, 0.25) is 0 Å². The van der Waals surface area contributed by atoms with Crippen LogP contribution in [0.25, 0.3) is 0 Å². The lowest BCUT2D eigenvalue weighted by molar-refractivity contribution is 0.415. The zero-order valence-electron chi connectivity index (χ0n) is 11.9. The molecule has 0 spiro atoms. The van der Waals surface area contributed by atoms with E-state index in [9.17, 15) is 0 Å². The minimum absolute atomic E-state index is 0.572. The van der Waals surface area contributed by atoms with Crippen molar-refractivity contribution in [3.8, 4) is 0 Å². The highest BCUT2D eigenvalue weighted by Crippen LogP contribution is 2.22. The Balaban J connectivity index is 2.59. The van der Waals surface area contributed by atoms with Gasteiger partial charge in [0, 0.05) is 6.04 Å². The van der Waals surface area contributed by atoms with Crippen molar-refractivity contribution in [1.29, 1.82) is 0 Å². The predicted molar refractivity (Wildman–Crippen MR) is 81.0 cm³/mol. The van der Waals surface area contributed by atoms with Crippen LogP contribution >= 0.6 is 0 Å². The van der Waals surface area contributed by atoms with Gasteiger partial charge in [-0.1, -0.05) is 50.3 Å². The Kier molecular flexibility index (Phi) is 7.43. The number of nitrogens with one attached hydrogen (secondary N) is 1. The van der Waals surface area contributed by atoms with Crippen LogP contribution in [0.3, 0.4) is 0 Å². The van der Waals surface area contributed by atoms with E-state index >= 15 is 0 Å². The highest BCUT2D eigenvalue weighted by Gasteiger charge is 2.17. The fourth-order valence-electron chi connectivity index (χ4n) is 2.33. The first-order valence-corrected chi connectivity index (χ1v) is 7.18. The van der Waals surface area contributed by atoms with E-state index in [1.807, 2.05) is 6.08 Å². The summed E-state index contributed by atoms with van der Waals surface area (Å²) >= 11 is 0. The summed E-state index contributed by atoms with van der Waals surface area (Å²) in [5, 5.41) is 3.69. The lowest BCUT2D eigenvalue weighted by atomic mass is 9.90. The van der Waals surface area contributed by atoms with Crippen LogP contribution in [-0.4, -0.2) is 12.6 Å². The van der Waals surface area contributed by atoms with Gasteiger partial charge in [0.1, 0.15) is 0 Å². The normalized spacial score (nSPS) is 14.1. The highest BCUT2D eigenvalue weighted by molar-refractivity contribution is 5.20. The number of hydrogen-bond acceptors (Lipinski definition) is 1. The molecule has 18 heavy (non-hydrogen) atoms. The first-order valence-electron chi connectivity index (χ1n) is 7.18. The number of unbranched alkanes of at least 4 members (excludes halogenated alkanes) is 1. The molecular formula is C17H27N. The third kappa shape index (κ3) is 5.05. The van der Waals surface area contributed by atoms with Crippen LogP contribution in [0.5, 0.6) is 0 Å². The van der Waals surface area contributed by atoms with Gasteiger partial charge in [-0.05, 0) is 43.7 Å². The molecule has 0 heterocycles. The summed E-state index contributed by atoms with van der Waals surface area (Å²) < 4.78 is 0. The van der Waals surface area contributed by atoms with Crippen molar-refractivity contribution in [2.45, 2.75) is 51.5 Å². The second-order valence-corrected chi connectivity index (χ2v) is 4.98. The summed E-state index contributed by atoms with van der Waals surface area (Å²) in [5.74, 6) is 0.572. The van der Waals surface area contributed by atoms with Gasteiger partial charge in [-0.3, -0.25) is 0 Å². The quantitative estimate of drug-likeness (QED) is 0.498. The standard InChI is InChI=1S/C17H27N/c1-4-6-8-13-17(18-14-5-2)15(3)16-11-9-7-10-12-16/h4,7,9-12,15,17-18H,1,5-6,8,13-14H2,2-3H3. The van der Waals surface area contributed by atoms with Gasteiger partial charge in [-0.2, -0.15) is 0 Å². The molecule has 1 nitrogen and oxygen atoms in total. The van der Waals surface area contributed by atoms with Crippen LogP contribution in [0.1, 0.15) is 51.0 Å². The zero-order chi connectivity index (χ0) is 13.2. The smallest absolute Gasteiger partial charge is 0.0133 e. The minimum atomic E-state index is 0.572. The molecule has 0 aliphatic carbocycles. The van der Waals surface area contributed by atoms with Gasteiger partial charge in [-0.25, -0.2) is 0 Å². The summed E-state index contributed by atoms with van der Waals surface area (Å²) in [5.41, 5.74) is 1.43. The Labute approximate surface area is 112 Å². The minimum Gasteiger partial charge on any atom is -0.313 e. The number of allylic oxidation sites excluding steroid dienone is 1. The van der Waals surface area contributed by atoms with Crippen LogP contribution in [0.4, 0.5) is 0 Å². The third-order valence-corrected chi connectivity index (χ3v) is 3.51. The Hall–Kier alpha value is -1.08. The van der Waals surface area contributed by atoms with E-state index in [0.717, 1.165) is 13.0 Å². The number of hydrogen-bond donors (Lipinski definition) is 1. The molecule has 0 fully saturated rings. The summed E-state index contributed by atoms with van der Waals surface area (Å²) in [6.07, 6.45) is 6.78. The topological polar surface area (TPSA) is 12.0 Å². The summed E-state index contributed by atoms with van der Waals surface area (Å²) in [4.78, 5) is 0. The van der Waals surface area contributed by atoms with Gasteiger partial charge in [0.25, 0.3) is 0 Å². The first-order chi connectivity index (χ1) is 8.79. The molecule has 0 aromatic heterocycles. The predicted octanol–water partition coefficient (Wildman–Crippen LogP) is 4.51. The molecule has 0 bridgehead atoms. The molecule has 1 aromatic carbocycles. The van der Waals surface area contributed by atoms with E-state index in [0.29, 0.717) is 12.0 Å². The molecule has 0 aliphatic heterocycles. The van der Waals surface area contributed by atoms with Crippen molar-refractivity contribution in [1.82, 2.24) is 5.32 Å². The molecule has 0 aliphatic rings. The highest BCUT2D eigenvalue weighted by atomic mass is 14.9. The van der Waals surface area contributed by atoms with Crippen LogP contribution < -0.4 is 5.32 Å². The maximum Gasteiger partial charge on any atom is 0.0133 e. The third-order valence-electron chi connectivity index (χ3n) is 3.51. The molecule has 2 atom stereocenters. The first kappa shape index (κ1) is 15.0. The second-order valence-electron chi connectivity index (χ2n) is 4.98. The Morgan fingerprint density at radius 3 is 2.61 bits per heavy atom. The fraction of sp³-hybridized carbons (Fsp3) is 0.529. The molecule has 1 rings (SSSR count). The van der Waals surface area contributed by atoms with Gasteiger partial charge in [0.15, 0.2) is 0 Å². The lowest BCUT2D eigenvalue weighted by Crippen LogP contribution is -2.34. The molecule has 2 unspecified atom stereocenters. The molecule has 0 saturated carbocycles. The second kappa shape index (κ2) is 8.93. The fourth-order valence-corrected chi connectivity index (χ4v) is 2.33. The van der Waals surface area contributed by atoms with Crippen molar-refractivity contribution >= 4 is 0 Å². The van der Waals surface area contributed by atoms with Crippen molar-refractivity contribution in [3.05, 3.63) is 48.6 Å². The van der Waals surface area contributed by atoms with E-state index in [1.165, 1.54) is 24.8 Å². The monoisotopic (exact) mass is 245 g/mol. The largest absolute Gasteiger partial charge is 0.313 e. The molecular weight excluding hydrogens is 218 g/mol. The maximum atomic E-state index is 3.80. The van der Waals surface area contributed by atoms with E-state index < -0.39 is 0 Å². The summed E-state index contributed by atoms with van der Waals surface area (Å²) in [6, 6.07) is 11.4. The Morgan fingerprint density at radius 2 is 2.00 bits per heavy atom. The average Bonchev–Trinajstić information content (AvgIpc) is 2.43. The van der Waals surface area contributed by atoms with Crippen molar-refractivity contribution in [3.63, 3.8) is 0 Å². The van der Waals surface area contributed by atoms with Gasteiger partial charge >= 0.3 is 0 Å². The average molecular weight is 245 g/mol. The molecule has 0 saturated heterocycles. The van der Waals surface area contributed by atoms with Crippen LogP contribution in [-0.2, 0) is 0 Å². The lowest BCUT2D eigenvalue weighted by Gasteiger charge is -2.25. The van der Waals surface area contributed by atoms with Crippen LogP contribution in [0.15, 0.2) is 43.0 Å². The van der Waals surface area contributed by atoms with E-state index in [-0.39, 0.29) is 0 Å². The zero-order valence-corrected chi connectivity index (χ0v) is 11.9. The number of rotatable bonds is 9. The molecule has 1 N–H and O–H groups in total. The van der Waals surface area contributed by atoms with Gasteiger partial charge < -0.3 is 5.32 Å². The van der Waals surface area contributed by atoms with Crippen molar-refractivity contribution in [2.24, 2.45) is 0 Å². The summed E-state index contributed by atoms with van der Waals surface area (Å²) in [6.45, 7) is 9.46. The Bertz CT molecular complexity index is 318. The van der Waals surface area contributed by atoms with E-state index in [1.54, 1.807) is 0 Å². The van der Waals surface area contributed by atoms with E-state index in [2.05, 4.69) is 56.1 Å². The van der Waals surface area contributed by atoms with Gasteiger partial charge in [-0.15, -0.1) is 6.58 Å². The summed E-state index contributed by atoms with van der Waals surface area (Å²) in [7, 11) is 0. The van der Waals surface area contributed by atoms with Gasteiger partial charge in [0.2, 0.25) is 0 Å². The Morgan fingerprint density at radius 1 is 1.28 bits per heavy atom. The van der Waals surface area contributed by atoms with Gasteiger partial charge in [0.05, 0.1) is 0 Å². The molecule has 1 aromatic rings. The molecule has 0 amide bonds. The van der Waals surface area contributed by atoms with Crippen molar-refractivity contribution < 1.29 is 0 Å². The van der Waals surface area contributed by atoms with Crippen LogP contribution in [0, 0.1) is 0 Å². The van der Waals surface area contributed by atoms with E-state index in [4.69, 9.17) is 0 Å². The van der Waals surface area contributed by atoms with Crippen molar-refractivity contribution in [2.75, 3.05) is 6.54 Å². The molecule has 100 valence electrons.